The SMILES string of the molecule is O=C(Nc1cc2ccccc2cc1C(=O)N1CCN(c2nccs2)CC1)C1CC1. The van der Waals surface area contributed by atoms with E-state index >= 15 is 0 Å². The molecule has 2 amide bonds. The average molecular weight is 407 g/mol. The van der Waals surface area contributed by atoms with Gasteiger partial charge in [-0.1, -0.05) is 24.3 Å². The van der Waals surface area contributed by atoms with Crippen molar-refractivity contribution in [1.82, 2.24) is 9.88 Å². The minimum Gasteiger partial charge on any atom is -0.345 e. The Morgan fingerprint density at radius 1 is 1.03 bits per heavy atom. The third kappa shape index (κ3) is 3.70. The van der Waals surface area contributed by atoms with Gasteiger partial charge in [0, 0.05) is 43.7 Å². The van der Waals surface area contributed by atoms with E-state index in [1.54, 1.807) is 17.5 Å². The second-order valence-corrected chi connectivity index (χ2v) is 8.48. The molecule has 3 aromatic rings. The van der Waals surface area contributed by atoms with Crippen LogP contribution in [0.2, 0.25) is 0 Å². The van der Waals surface area contributed by atoms with Crippen LogP contribution in [-0.2, 0) is 4.79 Å². The zero-order valence-electron chi connectivity index (χ0n) is 16.0. The van der Waals surface area contributed by atoms with Gasteiger partial charge in [0.15, 0.2) is 5.13 Å². The highest BCUT2D eigenvalue weighted by molar-refractivity contribution is 7.13. The number of anilines is 2. The van der Waals surface area contributed by atoms with Crippen LogP contribution in [0.4, 0.5) is 10.8 Å². The summed E-state index contributed by atoms with van der Waals surface area (Å²) in [6.45, 7) is 2.80. The Kier molecular flexibility index (Phi) is 4.67. The molecular weight excluding hydrogens is 384 g/mol. The largest absolute Gasteiger partial charge is 0.345 e. The Morgan fingerprint density at radius 2 is 1.76 bits per heavy atom. The molecular formula is C22H22N4O2S. The number of carbonyl (C=O) groups excluding carboxylic acids is 2. The summed E-state index contributed by atoms with van der Waals surface area (Å²) >= 11 is 1.62. The number of hydrogen-bond donors (Lipinski definition) is 1. The zero-order chi connectivity index (χ0) is 19.8. The molecule has 2 heterocycles. The second kappa shape index (κ2) is 7.48. The Balaban J connectivity index is 1.40. The molecule has 29 heavy (non-hydrogen) atoms. The van der Waals surface area contributed by atoms with E-state index in [0.29, 0.717) is 24.3 Å². The maximum atomic E-state index is 13.4. The molecule has 148 valence electrons. The van der Waals surface area contributed by atoms with E-state index in [4.69, 9.17) is 0 Å². The number of thiazole rings is 1. The van der Waals surface area contributed by atoms with E-state index in [1.807, 2.05) is 46.7 Å². The third-order valence-corrected chi connectivity index (χ3v) is 6.41. The molecule has 2 aromatic carbocycles. The van der Waals surface area contributed by atoms with Gasteiger partial charge in [-0.3, -0.25) is 9.59 Å². The molecule has 0 bridgehead atoms. The minimum absolute atomic E-state index is 0.0166. The van der Waals surface area contributed by atoms with E-state index in [1.165, 1.54) is 0 Å². The van der Waals surface area contributed by atoms with Crippen LogP contribution in [0.5, 0.6) is 0 Å². The van der Waals surface area contributed by atoms with Crippen molar-refractivity contribution < 1.29 is 9.59 Å². The summed E-state index contributed by atoms with van der Waals surface area (Å²) in [7, 11) is 0. The summed E-state index contributed by atoms with van der Waals surface area (Å²) in [5, 5.41) is 8.00. The van der Waals surface area contributed by atoms with Crippen molar-refractivity contribution >= 4 is 44.7 Å². The molecule has 2 fully saturated rings. The fourth-order valence-corrected chi connectivity index (χ4v) is 4.44. The highest BCUT2D eigenvalue weighted by atomic mass is 32.1. The summed E-state index contributed by atoms with van der Waals surface area (Å²) in [6.07, 6.45) is 3.67. The van der Waals surface area contributed by atoms with Crippen LogP contribution in [0.1, 0.15) is 23.2 Å². The number of nitrogens with one attached hydrogen (secondary N) is 1. The predicted octanol–water partition coefficient (Wildman–Crippen LogP) is 3.61. The molecule has 1 aromatic heterocycles. The Morgan fingerprint density at radius 3 is 2.41 bits per heavy atom. The van der Waals surface area contributed by atoms with Crippen LogP contribution < -0.4 is 10.2 Å². The fraction of sp³-hybridized carbons (Fsp3) is 0.318. The number of amides is 2. The van der Waals surface area contributed by atoms with Crippen LogP contribution in [0.15, 0.2) is 48.0 Å². The predicted molar refractivity (Wildman–Crippen MR) is 116 cm³/mol. The molecule has 1 N–H and O–H groups in total. The van der Waals surface area contributed by atoms with Crippen molar-refractivity contribution in [3.63, 3.8) is 0 Å². The minimum atomic E-state index is -0.0272. The Labute approximate surface area is 173 Å². The van der Waals surface area contributed by atoms with E-state index in [2.05, 4.69) is 15.2 Å². The Hall–Kier alpha value is -2.93. The number of aromatic nitrogens is 1. The topological polar surface area (TPSA) is 65.5 Å². The van der Waals surface area contributed by atoms with E-state index in [-0.39, 0.29) is 17.7 Å². The summed E-state index contributed by atoms with van der Waals surface area (Å²) < 4.78 is 0. The van der Waals surface area contributed by atoms with Gasteiger partial charge < -0.3 is 15.1 Å². The third-order valence-electron chi connectivity index (χ3n) is 5.58. The normalized spacial score (nSPS) is 16.8. The van der Waals surface area contributed by atoms with Crippen molar-refractivity contribution in [2.24, 2.45) is 5.92 Å². The highest BCUT2D eigenvalue weighted by Gasteiger charge is 2.31. The smallest absolute Gasteiger partial charge is 0.256 e. The lowest BCUT2D eigenvalue weighted by Crippen LogP contribution is -2.49. The van der Waals surface area contributed by atoms with Crippen LogP contribution in [0.3, 0.4) is 0 Å². The van der Waals surface area contributed by atoms with Gasteiger partial charge in [-0.05, 0) is 35.7 Å². The fourth-order valence-electron chi connectivity index (χ4n) is 3.74. The van der Waals surface area contributed by atoms with Gasteiger partial charge in [0.05, 0.1) is 11.3 Å². The summed E-state index contributed by atoms with van der Waals surface area (Å²) in [5.74, 6) is 0.0785. The number of piperazine rings is 1. The van der Waals surface area contributed by atoms with Crippen molar-refractivity contribution in [3.8, 4) is 0 Å². The van der Waals surface area contributed by atoms with Crippen LogP contribution in [0, 0.1) is 5.92 Å². The Bertz CT molecular complexity index is 1050. The van der Waals surface area contributed by atoms with Gasteiger partial charge in [-0.2, -0.15) is 0 Å². The molecule has 6 nitrogen and oxygen atoms in total. The molecule has 0 spiro atoms. The first-order valence-electron chi connectivity index (χ1n) is 9.96. The molecule has 7 heteroatoms. The summed E-state index contributed by atoms with van der Waals surface area (Å²) in [4.78, 5) is 34.2. The molecule has 0 unspecified atom stereocenters. The lowest BCUT2D eigenvalue weighted by Gasteiger charge is -2.35. The summed E-state index contributed by atoms with van der Waals surface area (Å²) in [5.41, 5.74) is 1.19. The average Bonchev–Trinajstić information content (AvgIpc) is 3.47. The number of hydrogen-bond acceptors (Lipinski definition) is 5. The van der Waals surface area contributed by atoms with Crippen LogP contribution >= 0.6 is 11.3 Å². The molecule has 1 saturated heterocycles. The summed E-state index contributed by atoms with van der Waals surface area (Å²) in [6, 6.07) is 11.8. The van der Waals surface area contributed by atoms with Gasteiger partial charge in [0.1, 0.15) is 0 Å². The maximum absolute atomic E-state index is 13.4. The van der Waals surface area contributed by atoms with Gasteiger partial charge in [0.25, 0.3) is 5.91 Å². The van der Waals surface area contributed by atoms with Crippen LogP contribution in [-0.4, -0.2) is 47.9 Å². The zero-order valence-corrected chi connectivity index (χ0v) is 16.8. The van der Waals surface area contributed by atoms with E-state index < -0.39 is 0 Å². The first-order valence-corrected chi connectivity index (χ1v) is 10.8. The maximum Gasteiger partial charge on any atom is 0.256 e. The van der Waals surface area contributed by atoms with Crippen molar-refractivity contribution in [1.29, 1.82) is 0 Å². The monoisotopic (exact) mass is 406 g/mol. The number of nitrogens with zero attached hydrogens (tertiary/aromatic N) is 3. The van der Waals surface area contributed by atoms with E-state index in [9.17, 15) is 9.59 Å². The standard InChI is InChI=1S/C22H22N4O2S/c27-20(15-5-6-15)24-19-14-17-4-2-1-3-16(17)13-18(19)21(28)25-8-10-26(11-9-25)22-23-7-12-29-22/h1-4,7,12-15H,5-6,8-11H2,(H,24,27). The van der Waals surface area contributed by atoms with Gasteiger partial charge in [-0.15, -0.1) is 11.3 Å². The first-order chi connectivity index (χ1) is 14.2. The first kappa shape index (κ1) is 18.1. The molecule has 1 aliphatic heterocycles. The highest BCUT2D eigenvalue weighted by Crippen LogP contribution is 2.32. The lowest BCUT2D eigenvalue weighted by atomic mass is 10.0. The van der Waals surface area contributed by atoms with Crippen molar-refractivity contribution in [3.05, 3.63) is 53.5 Å². The number of fused-ring (bicyclic) bond motifs is 1. The molecule has 1 saturated carbocycles. The molecule has 0 radical (unpaired) electrons. The quantitative estimate of drug-likeness (QED) is 0.719. The molecule has 1 aliphatic carbocycles. The lowest BCUT2D eigenvalue weighted by molar-refractivity contribution is -0.117. The number of carbonyl (C=O) groups is 2. The molecule has 5 rings (SSSR count). The van der Waals surface area contributed by atoms with Crippen LogP contribution in [0.25, 0.3) is 10.8 Å². The van der Waals surface area contributed by atoms with Crippen molar-refractivity contribution in [2.45, 2.75) is 12.8 Å². The van der Waals surface area contributed by atoms with Gasteiger partial charge in [-0.25, -0.2) is 4.98 Å². The van der Waals surface area contributed by atoms with Crippen molar-refractivity contribution in [2.75, 3.05) is 36.4 Å². The van der Waals surface area contributed by atoms with Gasteiger partial charge >= 0.3 is 0 Å². The number of benzene rings is 2. The number of rotatable bonds is 4. The molecule has 2 aliphatic rings. The van der Waals surface area contributed by atoms with Gasteiger partial charge in [0.2, 0.25) is 5.91 Å². The van der Waals surface area contributed by atoms with E-state index in [0.717, 1.165) is 41.8 Å². The second-order valence-electron chi connectivity index (χ2n) is 7.60. The molecule has 0 atom stereocenters.